The summed E-state index contributed by atoms with van der Waals surface area (Å²) in [7, 11) is 0. The molecular weight excluding hydrogens is 326 g/mol. The number of aryl methyl sites for hydroxylation is 2. The quantitative estimate of drug-likeness (QED) is 0.769. The van der Waals surface area contributed by atoms with Gasteiger partial charge in [0.05, 0.1) is 18.2 Å². The normalized spacial score (nSPS) is 16.5. The van der Waals surface area contributed by atoms with Crippen LogP contribution in [-0.4, -0.2) is 10.1 Å². The molecule has 0 radical (unpaired) electrons. The van der Waals surface area contributed by atoms with Crippen LogP contribution in [0.15, 0.2) is 27.3 Å². The predicted molar refractivity (Wildman–Crippen MR) is 94.4 cm³/mol. The van der Waals surface area contributed by atoms with Crippen molar-refractivity contribution >= 4 is 23.4 Å². The molecule has 6 heteroatoms. The number of rotatable bonds is 3. The van der Waals surface area contributed by atoms with Crippen LogP contribution in [0.3, 0.4) is 0 Å². The van der Waals surface area contributed by atoms with Crippen LogP contribution in [0.1, 0.15) is 54.1 Å². The third kappa shape index (κ3) is 2.72. The minimum atomic E-state index is -0.409. The molecular formula is C18H22ClN3O2. The van der Waals surface area contributed by atoms with Gasteiger partial charge in [0, 0.05) is 10.9 Å². The minimum Gasteiger partial charge on any atom is -0.464 e. The Morgan fingerprint density at radius 1 is 1.21 bits per heavy atom. The standard InChI is InChI=1S/C18H21N3O2.ClH/c1-11-5-6-14-13(10-22-16(14)12(11)2)9-15-20-17(21-23-15)18(19)7-3-4-8-18;/h5-6,10H,3-4,7-9,19H2,1-2H3;1H. The molecule has 0 spiro atoms. The van der Waals surface area contributed by atoms with Gasteiger partial charge in [0.25, 0.3) is 0 Å². The van der Waals surface area contributed by atoms with Crippen molar-refractivity contribution in [2.75, 3.05) is 0 Å². The summed E-state index contributed by atoms with van der Waals surface area (Å²) in [5.74, 6) is 1.24. The topological polar surface area (TPSA) is 78.1 Å². The molecule has 2 aromatic heterocycles. The van der Waals surface area contributed by atoms with E-state index in [1.54, 1.807) is 6.26 Å². The number of hydrogen-bond acceptors (Lipinski definition) is 5. The number of benzene rings is 1. The number of hydrogen-bond donors (Lipinski definition) is 1. The summed E-state index contributed by atoms with van der Waals surface area (Å²) in [5.41, 5.74) is 10.4. The fourth-order valence-electron chi connectivity index (χ4n) is 3.45. The van der Waals surface area contributed by atoms with Crippen LogP contribution in [0, 0.1) is 13.8 Å². The van der Waals surface area contributed by atoms with Crippen LogP contribution in [0.5, 0.6) is 0 Å². The fraction of sp³-hybridized carbons (Fsp3) is 0.444. The lowest BCUT2D eigenvalue weighted by Crippen LogP contribution is -2.34. The first-order valence-electron chi connectivity index (χ1n) is 8.15. The zero-order valence-corrected chi connectivity index (χ0v) is 14.8. The molecule has 2 heterocycles. The SMILES string of the molecule is Cc1ccc2c(Cc3nc(C4(N)CCCC4)no3)coc2c1C.Cl. The third-order valence-corrected chi connectivity index (χ3v) is 5.09. The average molecular weight is 348 g/mol. The summed E-state index contributed by atoms with van der Waals surface area (Å²) in [5, 5.41) is 5.23. The lowest BCUT2D eigenvalue weighted by Gasteiger charge is -2.17. The highest BCUT2D eigenvalue weighted by atomic mass is 35.5. The van der Waals surface area contributed by atoms with Crippen LogP contribution >= 0.6 is 12.4 Å². The van der Waals surface area contributed by atoms with Crippen molar-refractivity contribution in [2.24, 2.45) is 5.73 Å². The maximum atomic E-state index is 6.39. The highest BCUT2D eigenvalue weighted by Crippen LogP contribution is 2.35. The smallest absolute Gasteiger partial charge is 0.231 e. The van der Waals surface area contributed by atoms with Crippen molar-refractivity contribution in [3.63, 3.8) is 0 Å². The second kappa shape index (κ2) is 6.22. The molecule has 1 aliphatic rings. The largest absolute Gasteiger partial charge is 0.464 e. The van der Waals surface area contributed by atoms with E-state index in [9.17, 15) is 0 Å². The molecule has 0 amide bonds. The van der Waals surface area contributed by atoms with E-state index in [1.807, 2.05) is 0 Å². The Balaban J connectivity index is 0.00000169. The minimum absolute atomic E-state index is 0. The molecule has 0 aliphatic heterocycles. The van der Waals surface area contributed by atoms with Crippen LogP contribution in [0.4, 0.5) is 0 Å². The molecule has 1 aromatic carbocycles. The van der Waals surface area contributed by atoms with Gasteiger partial charge in [-0.3, -0.25) is 0 Å². The van der Waals surface area contributed by atoms with E-state index in [0.717, 1.165) is 42.2 Å². The zero-order chi connectivity index (χ0) is 16.0. The molecule has 0 saturated heterocycles. The molecule has 0 unspecified atom stereocenters. The number of nitrogens with two attached hydrogens (primary N) is 1. The molecule has 128 valence electrons. The van der Waals surface area contributed by atoms with Gasteiger partial charge in [-0.2, -0.15) is 4.98 Å². The fourth-order valence-corrected chi connectivity index (χ4v) is 3.45. The highest BCUT2D eigenvalue weighted by molar-refractivity contribution is 5.85. The molecule has 5 nitrogen and oxygen atoms in total. The molecule has 0 atom stereocenters. The van der Waals surface area contributed by atoms with E-state index in [2.05, 4.69) is 36.1 Å². The number of fused-ring (bicyclic) bond motifs is 1. The van der Waals surface area contributed by atoms with Crippen molar-refractivity contribution < 1.29 is 8.94 Å². The van der Waals surface area contributed by atoms with Crippen LogP contribution in [0.25, 0.3) is 11.0 Å². The number of aromatic nitrogens is 2. The lowest BCUT2D eigenvalue weighted by molar-refractivity contribution is 0.352. The predicted octanol–water partition coefficient (Wildman–Crippen LogP) is 4.17. The van der Waals surface area contributed by atoms with E-state index in [-0.39, 0.29) is 12.4 Å². The first-order valence-corrected chi connectivity index (χ1v) is 8.15. The maximum absolute atomic E-state index is 6.39. The second-order valence-corrected chi connectivity index (χ2v) is 6.70. The highest BCUT2D eigenvalue weighted by Gasteiger charge is 2.36. The molecule has 1 fully saturated rings. The Morgan fingerprint density at radius 2 is 1.96 bits per heavy atom. The van der Waals surface area contributed by atoms with Gasteiger partial charge in [-0.1, -0.05) is 30.1 Å². The lowest BCUT2D eigenvalue weighted by atomic mass is 9.98. The summed E-state index contributed by atoms with van der Waals surface area (Å²) >= 11 is 0. The van der Waals surface area contributed by atoms with Gasteiger partial charge in [0.2, 0.25) is 5.89 Å². The molecule has 24 heavy (non-hydrogen) atoms. The Labute approximate surface area is 147 Å². The molecule has 2 N–H and O–H groups in total. The first-order chi connectivity index (χ1) is 11.1. The Morgan fingerprint density at radius 3 is 2.71 bits per heavy atom. The average Bonchev–Trinajstić information content (AvgIpc) is 3.25. The van der Waals surface area contributed by atoms with E-state index >= 15 is 0 Å². The monoisotopic (exact) mass is 347 g/mol. The summed E-state index contributed by atoms with van der Waals surface area (Å²) in [6, 6.07) is 4.21. The Kier molecular flexibility index (Phi) is 4.40. The molecule has 1 aliphatic carbocycles. The van der Waals surface area contributed by atoms with Gasteiger partial charge in [0.15, 0.2) is 5.82 Å². The van der Waals surface area contributed by atoms with E-state index in [1.165, 1.54) is 11.1 Å². The Bertz CT molecular complexity index is 862. The van der Waals surface area contributed by atoms with Crippen molar-refractivity contribution in [2.45, 2.75) is 51.5 Å². The second-order valence-electron chi connectivity index (χ2n) is 6.70. The summed E-state index contributed by atoms with van der Waals surface area (Å²) in [6.45, 7) is 4.16. The van der Waals surface area contributed by atoms with Crippen LogP contribution in [-0.2, 0) is 12.0 Å². The van der Waals surface area contributed by atoms with Crippen molar-refractivity contribution in [1.82, 2.24) is 10.1 Å². The van der Waals surface area contributed by atoms with Gasteiger partial charge in [0.1, 0.15) is 5.58 Å². The molecule has 0 bridgehead atoms. The zero-order valence-electron chi connectivity index (χ0n) is 14.0. The van der Waals surface area contributed by atoms with E-state index < -0.39 is 5.54 Å². The molecule has 4 rings (SSSR count). The van der Waals surface area contributed by atoms with Gasteiger partial charge in [-0.25, -0.2) is 0 Å². The number of halogens is 1. The molecule has 1 saturated carbocycles. The van der Waals surface area contributed by atoms with Gasteiger partial charge >= 0.3 is 0 Å². The van der Waals surface area contributed by atoms with Crippen molar-refractivity contribution in [1.29, 1.82) is 0 Å². The first kappa shape index (κ1) is 17.0. The van der Waals surface area contributed by atoms with Crippen molar-refractivity contribution in [3.05, 3.63) is 46.8 Å². The van der Waals surface area contributed by atoms with Gasteiger partial charge < -0.3 is 14.7 Å². The van der Waals surface area contributed by atoms with Gasteiger partial charge in [-0.05, 0) is 37.8 Å². The summed E-state index contributed by atoms with van der Waals surface area (Å²) in [6.07, 6.45) is 6.47. The molecule has 3 aromatic rings. The number of furan rings is 1. The van der Waals surface area contributed by atoms with Crippen LogP contribution in [0.2, 0.25) is 0 Å². The van der Waals surface area contributed by atoms with Gasteiger partial charge in [-0.15, -0.1) is 12.4 Å². The number of nitrogens with zero attached hydrogens (tertiary/aromatic N) is 2. The van der Waals surface area contributed by atoms with Crippen LogP contribution < -0.4 is 5.73 Å². The van der Waals surface area contributed by atoms with E-state index in [4.69, 9.17) is 14.7 Å². The summed E-state index contributed by atoms with van der Waals surface area (Å²) < 4.78 is 11.2. The Hall–Kier alpha value is -1.85. The van der Waals surface area contributed by atoms with Crippen molar-refractivity contribution in [3.8, 4) is 0 Å². The summed E-state index contributed by atoms with van der Waals surface area (Å²) in [4.78, 5) is 4.54. The maximum Gasteiger partial charge on any atom is 0.231 e. The van der Waals surface area contributed by atoms with E-state index in [0.29, 0.717) is 18.1 Å². The third-order valence-electron chi connectivity index (χ3n) is 5.09.